The van der Waals surface area contributed by atoms with Crippen LogP contribution in [0.15, 0.2) is 48.1 Å². The molecule has 7 heteroatoms. The van der Waals surface area contributed by atoms with Crippen LogP contribution in [-0.4, -0.2) is 21.6 Å². The van der Waals surface area contributed by atoms with Gasteiger partial charge in [-0.25, -0.2) is 9.71 Å². The Morgan fingerprint density at radius 3 is 2.66 bits per heavy atom. The van der Waals surface area contributed by atoms with Gasteiger partial charge in [0.2, 0.25) is 0 Å². The van der Waals surface area contributed by atoms with E-state index in [1.54, 1.807) is 7.11 Å². The number of methoxy groups -OCH3 is 1. The second kappa shape index (κ2) is 9.73. The lowest BCUT2D eigenvalue weighted by atomic mass is 10.1. The Labute approximate surface area is 175 Å². The maximum Gasteiger partial charge on any atom is 0.118 e. The molecule has 0 aliphatic carbocycles. The molecule has 0 spiro atoms. The van der Waals surface area contributed by atoms with Crippen molar-refractivity contribution in [1.29, 1.82) is 0 Å². The molecule has 0 radical (unpaired) electrons. The molecule has 2 aromatic heterocycles. The fraction of sp³-hybridized carbons (Fsp3) is 0.273. The Morgan fingerprint density at radius 2 is 2.03 bits per heavy atom. The van der Waals surface area contributed by atoms with Crippen molar-refractivity contribution in [2.24, 2.45) is 5.14 Å². The number of allylic oxidation sites excluding steroid dienone is 2. The van der Waals surface area contributed by atoms with E-state index in [-0.39, 0.29) is 0 Å². The van der Waals surface area contributed by atoms with Crippen molar-refractivity contribution >= 4 is 35.3 Å². The minimum absolute atomic E-state index is 0.711. The van der Waals surface area contributed by atoms with E-state index in [9.17, 15) is 0 Å². The molecule has 0 atom stereocenters. The molecule has 3 N–H and O–H groups in total. The zero-order chi connectivity index (χ0) is 20.8. The number of fused-ring (bicyclic) bond motifs is 1. The number of hydrogen-bond acceptors (Lipinski definition) is 6. The van der Waals surface area contributed by atoms with E-state index in [4.69, 9.17) is 9.88 Å². The second-order valence-corrected chi connectivity index (χ2v) is 7.17. The largest absolute Gasteiger partial charge is 0.497 e. The molecule has 29 heavy (non-hydrogen) atoms. The molecule has 0 bridgehead atoms. The van der Waals surface area contributed by atoms with Crippen molar-refractivity contribution in [2.75, 3.05) is 7.11 Å². The highest BCUT2D eigenvalue weighted by Gasteiger charge is 2.09. The van der Waals surface area contributed by atoms with Crippen LogP contribution < -0.4 is 20.4 Å². The number of aromatic nitrogens is 3. The summed E-state index contributed by atoms with van der Waals surface area (Å²) in [5, 5.41) is 7.34. The zero-order valence-electron chi connectivity index (χ0n) is 17.3. The maximum atomic E-state index is 5.66. The normalized spacial score (nSPS) is 13.8. The predicted molar refractivity (Wildman–Crippen MR) is 121 cm³/mol. The van der Waals surface area contributed by atoms with Gasteiger partial charge < -0.3 is 4.74 Å². The predicted octanol–water partition coefficient (Wildman–Crippen LogP) is 2.94. The quantitative estimate of drug-likeness (QED) is 0.461. The molecule has 0 aliphatic rings. The first-order valence-electron chi connectivity index (χ1n) is 9.54. The van der Waals surface area contributed by atoms with Crippen molar-refractivity contribution in [3.63, 3.8) is 0 Å². The van der Waals surface area contributed by atoms with Crippen LogP contribution in [0.1, 0.15) is 32.8 Å². The lowest BCUT2D eigenvalue weighted by molar-refractivity contribution is 0.308. The summed E-state index contributed by atoms with van der Waals surface area (Å²) in [6.07, 6.45) is 8.66. The van der Waals surface area contributed by atoms with Crippen molar-refractivity contribution < 1.29 is 4.74 Å². The van der Waals surface area contributed by atoms with Gasteiger partial charge in [0.1, 0.15) is 17.6 Å². The lowest BCUT2D eigenvalue weighted by Crippen LogP contribution is -2.30. The SMILES string of the molecule is C/C=c1/ncc2ncn(-c3ccc(CNSN)cc3)c2/c1=C/C(OC)=C(\C)CC. The number of nitrogens with one attached hydrogen (secondary N) is 1. The molecule has 0 aliphatic heterocycles. The molecule has 0 fully saturated rings. The van der Waals surface area contributed by atoms with Crippen LogP contribution >= 0.6 is 12.1 Å². The van der Waals surface area contributed by atoms with Crippen LogP contribution in [0.3, 0.4) is 0 Å². The average molecular weight is 410 g/mol. The van der Waals surface area contributed by atoms with E-state index in [1.165, 1.54) is 5.57 Å². The Hall–Kier alpha value is -2.61. The molecule has 0 saturated heterocycles. The topological polar surface area (TPSA) is 78.0 Å². The molecule has 2 heterocycles. The summed E-state index contributed by atoms with van der Waals surface area (Å²) in [5.41, 5.74) is 5.24. The van der Waals surface area contributed by atoms with E-state index in [0.29, 0.717) is 6.54 Å². The van der Waals surface area contributed by atoms with Gasteiger partial charge in [0.15, 0.2) is 0 Å². The van der Waals surface area contributed by atoms with Crippen LogP contribution in [0.2, 0.25) is 0 Å². The Morgan fingerprint density at radius 1 is 1.28 bits per heavy atom. The third-order valence-electron chi connectivity index (χ3n) is 4.95. The van der Waals surface area contributed by atoms with Gasteiger partial charge in [0, 0.05) is 29.6 Å². The summed E-state index contributed by atoms with van der Waals surface area (Å²) >= 11 is 1.12. The molecular formula is C22H27N5OS. The van der Waals surface area contributed by atoms with Crippen LogP contribution in [0.4, 0.5) is 0 Å². The van der Waals surface area contributed by atoms with Crippen LogP contribution in [0.25, 0.3) is 28.9 Å². The summed E-state index contributed by atoms with van der Waals surface area (Å²) in [4.78, 5) is 9.17. The maximum absolute atomic E-state index is 5.66. The molecule has 1 aromatic carbocycles. The van der Waals surface area contributed by atoms with E-state index >= 15 is 0 Å². The summed E-state index contributed by atoms with van der Waals surface area (Å²) in [7, 11) is 1.71. The van der Waals surface area contributed by atoms with E-state index in [2.05, 4.69) is 63.4 Å². The smallest absolute Gasteiger partial charge is 0.118 e. The molecule has 0 amide bonds. The highest BCUT2D eigenvalue weighted by Crippen LogP contribution is 2.16. The molecule has 0 saturated carbocycles. The van der Waals surface area contributed by atoms with Gasteiger partial charge in [-0.2, -0.15) is 0 Å². The first-order chi connectivity index (χ1) is 14.1. The molecule has 6 nitrogen and oxygen atoms in total. The number of ether oxygens (including phenoxy) is 1. The van der Waals surface area contributed by atoms with Crippen LogP contribution in [-0.2, 0) is 11.3 Å². The van der Waals surface area contributed by atoms with E-state index in [0.717, 1.165) is 57.2 Å². The number of nitrogens with two attached hydrogens (primary N) is 1. The van der Waals surface area contributed by atoms with Gasteiger partial charge in [-0.3, -0.25) is 14.7 Å². The second-order valence-electron chi connectivity index (χ2n) is 6.65. The van der Waals surface area contributed by atoms with E-state index in [1.807, 2.05) is 25.5 Å². The van der Waals surface area contributed by atoms with Crippen LogP contribution in [0, 0.1) is 0 Å². The zero-order valence-corrected chi connectivity index (χ0v) is 18.1. The van der Waals surface area contributed by atoms with Crippen molar-refractivity contribution in [1.82, 2.24) is 19.3 Å². The minimum Gasteiger partial charge on any atom is -0.497 e. The highest BCUT2D eigenvalue weighted by molar-refractivity contribution is 7.95. The van der Waals surface area contributed by atoms with Gasteiger partial charge in [0.05, 0.1) is 24.2 Å². The minimum atomic E-state index is 0.711. The van der Waals surface area contributed by atoms with Crippen LogP contribution in [0.5, 0.6) is 0 Å². The first-order valence-corrected chi connectivity index (χ1v) is 10.4. The number of nitrogens with zero attached hydrogens (tertiary/aromatic N) is 3. The average Bonchev–Trinajstić information content (AvgIpc) is 3.20. The molecule has 152 valence electrons. The lowest BCUT2D eigenvalue weighted by Gasteiger charge is -2.09. The molecule has 3 aromatic rings. The fourth-order valence-electron chi connectivity index (χ4n) is 3.18. The number of rotatable bonds is 7. The van der Waals surface area contributed by atoms with Gasteiger partial charge in [-0.05, 0) is 49.6 Å². The molecule has 0 unspecified atom stereocenters. The van der Waals surface area contributed by atoms with Crippen molar-refractivity contribution in [3.05, 3.63) is 64.3 Å². The Bertz CT molecular complexity index is 1130. The summed E-state index contributed by atoms with van der Waals surface area (Å²) < 4.78 is 10.8. The number of imidazole rings is 1. The van der Waals surface area contributed by atoms with Gasteiger partial charge in [-0.1, -0.05) is 25.1 Å². The Balaban J connectivity index is 2.24. The number of hydrogen-bond donors (Lipinski definition) is 2. The highest BCUT2D eigenvalue weighted by atomic mass is 32.2. The third kappa shape index (κ3) is 4.53. The van der Waals surface area contributed by atoms with Crippen molar-refractivity contribution in [2.45, 2.75) is 33.7 Å². The molecular weight excluding hydrogens is 382 g/mol. The summed E-state index contributed by atoms with van der Waals surface area (Å²) in [5.74, 6) is 0.860. The van der Waals surface area contributed by atoms with Gasteiger partial charge in [0.25, 0.3) is 0 Å². The van der Waals surface area contributed by atoms with E-state index < -0.39 is 0 Å². The Kier molecular flexibility index (Phi) is 7.09. The van der Waals surface area contributed by atoms with Gasteiger partial charge >= 0.3 is 0 Å². The summed E-state index contributed by atoms with van der Waals surface area (Å²) in [6.45, 7) is 6.91. The van der Waals surface area contributed by atoms with Gasteiger partial charge in [-0.15, -0.1) is 0 Å². The fourth-order valence-corrected chi connectivity index (χ4v) is 3.43. The number of pyridine rings is 1. The first kappa shape index (κ1) is 21.1. The van der Waals surface area contributed by atoms with Crippen molar-refractivity contribution in [3.8, 4) is 5.69 Å². The summed E-state index contributed by atoms with van der Waals surface area (Å²) in [6, 6.07) is 8.35. The molecule has 3 rings (SSSR count). The monoisotopic (exact) mass is 409 g/mol. The number of benzene rings is 1. The third-order valence-corrected chi connectivity index (χ3v) is 5.26. The standard InChI is InChI=1S/C22H27N5OS/c1-5-15(3)21(28-4)11-18-19(6-2)24-13-20-22(18)27(14-25-20)17-9-7-16(8-10-17)12-26-29-23/h6-11,13-14,26H,5,12,23H2,1-4H3/b18-11+,19-6+,21-15-.